The first-order valence-corrected chi connectivity index (χ1v) is 8.81. The molecule has 26 heavy (non-hydrogen) atoms. The lowest BCUT2D eigenvalue weighted by atomic mass is 9.99. The second-order valence-electron chi connectivity index (χ2n) is 6.94. The lowest BCUT2D eigenvalue weighted by Gasteiger charge is -2.24. The van der Waals surface area contributed by atoms with Crippen LogP contribution in [0.15, 0.2) is 0 Å². The molecule has 150 valence electrons. The summed E-state index contributed by atoms with van der Waals surface area (Å²) in [4.78, 5) is 47.4. The van der Waals surface area contributed by atoms with Crippen LogP contribution < -0.4 is 21.7 Å². The van der Waals surface area contributed by atoms with Gasteiger partial charge in [-0.3, -0.25) is 14.4 Å². The fraction of sp³-hybridized carbons (Fsp3) is 0.765. The van der Waals surface area contributed by atoms with Gasteiger partial charge >= 0.3 is 5.97 Å². The second-order valence-corrected chi connectivity index (χ2v) is 6.94. The zero-order valence-corrected chi connectivity index (χ0v) is 16.3. The van der Waals surface area contributed by atoms with Crippen molar-refractivity contribution in [3.63, 3.8) is 0 Å². The Morgan fingerprint density at radius 3 is 1.65 bits per heavy atom. The van der Waals surface area contributed by atoms with Gasteiger partial charge in [-0.25, -0.2) is 4.79 Å². The molecule has 0 rings (SSSR count). The number of carboxylic acids is 1. The van der Waals surface area contributed by atoms with E-state index in [1.165, 1.54) is 13.8 Å². The zero-order chi connectivity index (χ0) is 20.6. The molecule has 0 aliphatic carbocycles. The predicted octanol–water partition coefficient (Wildman–Crippen LogP) is -0.405. The third-order valence-corrected chi connectivity index (χ3v) is 4.30. The number of hydrogen-bond donors (Lipinski definition) is 5. The standard InChI is InChI=1S/C17H32N4O5/c1-7-9(4)13(17(25)26)21-15(23)11(6)19-14(22)10(5)20-16(24)12(18)8(2)3/h8-13H,7,18H2,1-6H3,(H,19,22)(H,20,24)(H,21,23)(H,25,26). The molecule has 5 unspecified atom stereocenters. The quantitative estimate of drug-likeness (QED) is 0.352. The number of aliphatic carboxylic acids is 1. The van der Waals surface area contributed by atoms with Gasteiger partial charge in [0.2, 0.25) is 17.7 Å². The highest BCUT2D eigenvalue weighted by atomic mass is 16.4. The van der Waals surface area contributed by atoms with Gasteiger partial charge in [0.1, 0.15) is 18.1 Å². The number of nitrogens with one attached hydrogen (secondary N) is 3. The van der Waals surface area contributed by atoms with Crippen molar-refractivity contribution in [2.45, 2.75) is 72.1 Å². The van der Waals surface area contributed by atoms with Crippen LogP contribution in [0.4, 0.5) is 0 Å². The highest BCUT2D eigenvalue weighted by molar-refractivity contribution is 5.93. The highest BCUT2D eigenvalue weighted by Gasteiger charge is 2.29. The van der Waals surface area contributed by atoms with Gasteiger partial charge in [0.05, 0.1) is 6.04 Å². The maximum absolute atomic E-state index is 12.2. The first-order valence-electron chi connectivity index (χ1n) is 8.81. The Hall–Kier alpha value is -2.16. The normalized spacial score (nSPS) is 16.8. The Labute approximate surface area is 154 Å². The molecule has 3 amide bonds. The molecular formula is C17H32N4O5. The molecule has 0 aromatic carbocycles. The average molecular weight is 372 g/mol. The Morgan fingerprint density at radius 1 is 0.846 bits per heavy atom. The third kappa shape index (κ3) is 7.38. The maximum Gasteiger partial charge on any atom is 0.326 e. The van der Waals surface area contributed by atoms with Gasteiger partial charge in [0, 0.05) is 0 Å². The third-order valence-electron chi connectivity index (χ3n) is 4.30. The summed E-state index contributed by atoms with van der Waals surface area (Å²) in [7, 11) is 0. The Morgan fingerprint density at radius 2 is 1.27 bits per heavy atom. The Kier molecular flexibility index (Phi) is 9.85. The number of hydrogen-bond acceptors (Lipinski definition) is 5. The fourth-order valence-electron chi connectivity index (χ4n) is 2.04. The van der Waals surface area contributed by atoms with Crippen LogP contribution in [0.3, 0.4) is 0 Å². The number of rotatable bonds is 10. The van der Waals surface area contributed by atoms with E-state index in [0.717, 1.165) is 0 Å². The van der Waals surface area contributed by atoms with E-state index in [9.17, 15) is 24.3 Å². The fourth-order valence-corrected chi connectivity index (χ4v) is 2.04. The van der Waals surface area contributed by atoms with Gasteiger partial charge < -0.3 is 26.8 Å². The molecule has 0 aromatic heterocycles. The van der Waals surface area contributed by atoms with E-state index >= 15 is 0 Å². The SMILES string of the molecule is CCC(C)C(NC(=O)C(C)NC(=O)C(C)NC(=O)C(N)C(C)C)C(=O)O. The van der Waals surface area contributed by atoms with Crippen molar-refractivity contribution in [1.82, 2.24) is 16.0 Å². The van der Waals surface area contributed by atoms with Crippen molar-refractivity contribution in [2.75, 3.05) is 0 Å². The molecule has 9 heteroatoms. The van der Waals surface area contributed by atoms with E-state index in [2.05, 4.69) is 16.0 Å². The molecule has 0 aliphatic rings. The lowest BCUT2D eigenvalue weighted by molar-refractivity contribution is -0.143. The smallest absolute Gasteiger partial charge is 0.326 e. The second kappa shape index (κ2) is 10.7. The number of nitrogens with two attached hydrogens (primary N) is 1. The zero-order valence-electron chi connectivity index (χ0n) is 16.3. The van der Waals surface area contributed by atoms with Gasteiger partial charge in [-0.15, -0.1) is 0 Å². The van der Waals surface area contributed by atoms with Crippen LogP contribution in [0.25, 0.3) is 0 Å². The molecule has 0 saturated heterocycles. The van der Waals surface area contributed by atoms with Crippen LogP contribution in [-0.2, 0) is 19.2 Å². The van der Waals surface area contributed by atoms with Crippen molar-refractivity contribution in [1.29, 1.82) is 0 Å². The highest BCUT2D eigenvalue weighted by Crippen LogP contribution is 2.08. The van der Waals surface area contributed by atoms with Gasteiger partial charge in [-0.1, -0.05) is 34.1 Å². The molecule has 0 saturated carbocycles. The summed E-state index contributed by atoms with van der Waals surface area (Å²) in [6.45, 7) is 10.0. The first kappa shape index (κ1) is 23.8. The van der Waals surface area contributed by atoms with Crippen LogP contribution in [0, 0.1) is 11.8 Å². The average Bonchev–Trinajstić information content (AvgIpc) is 2.56. The van der Waals surface area contributed by atoms with Crippen molar-refractivity contribution in [2.24, 2.45) is 17.6 Å². The number of carboxylic acid groups (broad SMARTS) is 1. The molecule has 0 aromatic rings. The molecule has 0 spiro atoms. The maximum atomic E-state index is 12.2. The van der Waals surface area contributed by atoms with Crippen molar-refractivity contribution >= 4 is 23.7 Å². The lowest BCUT2D eigenvalue weighted by Crippen LogP contribution is -2.56. The van der Waals surface area contributed by atoms with Gasteiger partial charge in [-0.05, 0) is 25.7 Å². The largest absolute Gasteiger partial charge is 0.480 e. The monoisotopic (exact) mass is 372 g/mol. The summed E-state index contributed by atoms with van der Waals surface area (Å²) in [5, 5.41) is 16.6. The molecule has 0 heterocycles. The summed E-state index contributed by atoms with van der Waals surface area (Å²) in [6, 6.07) is -3.61. The molecule has 6 N–H and O–H groups in total. The minimum Gasteiger partial charge on any atom is -0.480 e. The van der Waals surface area contributed by atoms with E-state index in [-0.39, 0.29) is 11.8 Å². The van der Waals surface area contributed by atoms with Crippen LogP contribution in [0.5, 0.6) is 0 Å². The summed E-state index contributed by atoms with van der Waals surface area (Å²) in [5.74, 6) is -3.09. The van der Waals surface area contributed by atoms with E-state index in [4.69, 9.17) is 5.73 Å². The molecule has 5 atom stereocenters. The molecule has 9 nitrogen and oxygen atoms in total. The Balaban J connectivity index is 4.71. The van der Waals surface area contributed by atoms with Crippen LogP contribution in [-0.4, -0.2) is 53.0 Å². The van der Waals surface area contributed by atoms with Crippen LogP contribution in [0.1, 0.15) is 48.0 Å². The summed E-state index contributed by atoms with van der Waals surface area (Å²) in [6.07, 6.45) is 0.581. The topological polar surface area (TPSA) is 151 Å². The van der Waals surface area contributed by atoms with Gasteiger partial charge in [-0.2, -0.15) is 0 Å². The molecule has 0 radical (unpaired) electrons. The summed E-state index contributed by atoms with van der Waals surface area (Å²) in [5.41, 5.74) is 5.72. The van der Waals surface area contributed by atoms with Crippen molar-refractivity contribution in [3.8, 4) is 0 Å². The molecule has 0 aliphatic heterocycles. The molecule has 0 bridgehead atoms. The number of carbonyl (C=O) groups excluding carboxylic acids is 3. The summed E-state index contributed by atoms with van der Waals surface area (Å²) >= 11 is 0. The van der Waals surface area contributed by atoms with Crippen LogP contribution in [0.2, 0.25) is 0 Å². The summed E-state index contributed by atoms with van der Waals surface area (Å²) < 4.78 is 0. The van der Waals surface area contributed by atoms with Crippen molar-refractivity contribution < 1.29 is 24.3 Å². The van der Waals surface area contributed by atoms with E-state index in [1.807, 2.05) is 6.92 Å². The van der Waals surface area contributed by atoms with Gasteiger partial charge in [0.25, 0.3) is 0 Å². The molecule has 0 fully saturated rings. The predicted molar refractivity (Wildman–Crippen MR) is 97.0 cm³/mol. The number of carbonyl (C=O) groups is 4. The van der Waals surface area contributed by atoms with Crippen LogP contribution >= 0.6 is 0 Å². The minimum atomic E-state index is -1.13. The van der Waals surface area contributed by atoms with E-state index in [1.54, 1.807) is 20.8 Å². The Bertz CT molecular complexity index is 523. The first-order chi connectivity index (χ1) is 11.9. The molecular weight excluding hydrogens is 340 g/mol. The van der Waals surface area contributed by atoms with E-state index < -0.39 is 47.9 Å². The van der Waals surface area contributed by atoms with Gasteiger partial charge in [0.15, 0.2) is 0 Å². The minimum absolute atomic E-state index is 0.0801. The van der Waals surface area contributed by atoms with E-state index in [0.29, 0.717) is 6.42 Å². The number of amides is 3. The van der Waals surface area contributed by atoms with Crippen molar-refractivity contribution in [3.05, 3.63) is 0 Å².